The van der Waals surface area contributed by atoms with Crippen molar-refractivity contribution in [2.75, 3.05) is 20.3 Å². The molecule has 5 nitrogen and oxygen atoms in total. The second kappa shape index (κ2) is 9.20. The highest BCUT2D eigenvalue weighted by Crippen LogP contribution is 2.32. The van der Waals surface area contributed by atoms with E-state index in [1.807, 2.05) is 24.3 Å². The van der Waals surface area contributed by atoms with Gasteiger partial charge in [-0.3, -0.25) is 4.79 Å². The molecular formula is C20H30N2O3. The van der Waals surface area contributed by atoms with Crippen molar-refractivity contribution in [3.8, 4) is 5.75 Å². The lowest BCUT2D eigenvalue weighted by Gasteiger charge is -2.28. The van der Waals surface area contributed by atoms with Crippen molar-refractivity contribution in [3.63, 3.8) is 0 Å². The summed E-state index contributed by atoms with van der Waals surface area (Å²) in [6, 6.07) is 9.20. The molecule has 2 atom stereocenters. The quantitative estimate of drug-likeness (QED) is 0.675. The highest BCUT2D eigenvalue weighted by molar-refractivity contribution is 5.76. The van der Waals surface area contributed by atoms with Crippen LogP contribution in [0.25, 0.3) is 0 Å². The van der Waals surface area contributed by atoms with E-state index in [9.17, 15) is 4.79 Å². The van der Waals surface area contributed by atoms with Gasteiger partial charge in [0.2, 0.25) is 5.91 Å². The Hall–Kier alpha value is -1.59. The molecular weight excluding hydrogens is 316 g/mol. The molecule has 2 bridgehead atoms. The van der Waals surface area contributed by atoms with Crippen molar-refractivity contribution in [2.24, 2.45) is 5.92 Å². The second-order valence-corrected chi connectivity index (χ2v) is 7.28. The first kappa shape index (κ1) is 18.2. The first-order valence-electron chi connectivity index (χ1n) is 9.46. The molecule has 2 heterocycles. The zero-order valence-corrected chi connectivity index (χ0v) is 15.1. The van der Waals surface area contributed by atoms with Gasteiger partial charge >= 0.3 is 0 Å². The summed E-state index contributed by atoms with van der Waals surface area (Å²) in [5.41, 5.74) is 1.13. The van der Waals surface area contributed by atoms with Gasteiger partial charge in [0.25, 0.3) is 0 Å². The molecule has 25 heavy (non-hydrogen) atoms. The third kappa shape index (κ3) is 5.72. The number of carbonyl (C=O) groups excluding carboxylic acids is 1. The van der Waals surface area contributed by atoms with E-state index in [2.05, 4.69) is 10.6 Å². The normalized spacial score (nSPS) is 24.9. The molecule has 1 aromatic rings. The average Bonchev–Trinajstić information content (AvgIpc) is 2.97. The summed E-state index contributed by atoms with van der Waals surface area (Å²) in [5, 5.41) is 6.66. The molecule has 0 radical (unpaired) electrons. The summed E-state index contributed by atoms with van der Waals surface area (Å²) >= 11 is 0. The number of nitrogens with one attached hydrogen (secondary N) is 2. The van der Waals surface area contributed by atoms with E-state index in [4.69, 9.17) is 9.47 Å². The molecule has 0 saturated carbocycles. The van der Waals surface area contributed by atoms with Crippen LogP contribution in [0.5, 0.6) is 5.75 Å². The molecule has 2 saturated heterocycles. The minimum Gasteiger partial charge on any atom is -0.497 e. The van der Waals surface area contributed by atoms with Gasteiger partial charge in [0.05, 0.1) is 13.7 Å². The van der Waals surface area contributed by atoms with Gasteiger partial charge in [-0.1, -0.05) is 12.1 Å². The van der Waals surface area contributed by atoms with E-state index in [-0.39, 0.29) is 5.91 Å². The van der Waals surface area contributed by atoms with Crippen molar-refractivity contribution in [1.29, 1.82) is 0 Å². The maximum atomic E-state index is 12.1. The highest BCUT2D eigenvalue weighted by Gasteiger charge is 2.33. The summed E-state index contributed by atoms with van der Waals surface area (Å²) in [4.78, 5) is 12.1. The van der Waals surface area contributed by atoms with Crippen LogP contribution in [-0.2, 0) is 16.1 Å². The lowest BCUT2D eigenvalue weighted by Crippen LogP contribution is -2.39. The molecule has 2 unspecified atom stereocenters. The van der Waals surface area contributed by atoms with E-state index in [0.29, 0.717) is 44.2 Å². The fourth-order valence-corrected chi connectivity index (χ4v) is 3.99. The minimum atomic E-state index is 0.196. The number of hydrogen-bond acceptors (Lipinski definition) is 4. The minimum absolute atomic E-state index is 0.196. The zero-order chi connectivity index (χ0) is 17.5. The first-order chi connectivity index (χ1) is 12.2. The Kier molecular flexibility index (Phi) is 6.70. The van der Waals surface area contributed by atoms with Crippen LogP contribution in [0.15, 0.2) is 24.3 Å². The molecule has 5 heteroatoms. The molecule has 2 aliphatic heterocycles. The molecule has 3 rings (SSSR count). The number of rotatable bonds is 9. The fourth-order valence-electron chi connectivity index (χ4n) is 3.99. The fraction of sp³-hybridized carbons (Fsp3) is 0.650. The summed E-state index contributed by atoms with van der Waals surface area (Å²) in [5.74, 6) is 1.61. The highest BCUT2D eigenvalue weighted by atomic mass is 16.5. The van der Waals surface area contributed by atoms with Crippen LogP contribution in [0.2, 0.25) is 0 Å². The lowest BCUT2D eigenvalue weighted by molar-refractivity contribution is -0.122. The van der Waals surface area contributed by atoms with Crippen LogP contribution in [-0.4, -0.2) is 38.3 Å². The molecule has 2 N–H and O–H groups in total. The Morgan fingerprint density at radius 2 is 1.92 bits per heavy atom. The number of ether oxygens (including phenoxy) is 2. The Morgan fingerprint density at radius 1 is 1.20 bits per heavy atom. The number of piperidine rings is 1. The van der Waals surface area contributed by atoms with Gasteiger partial charge in [-0.25, -0.2) is 0 Å². The van der Waals surface area contributed by atoms with Gasteiger partial charge in [-0.15, -0.1) is 0 Å². The van der Waals surface area contributed by atoms with Crippen molar-refractivity contribution in [3.05, 3.63) is 29.8 Å². The SMILES string of the molecule is COc1ccc(COCCCNC(=O)CC2CC3CCC(C2)N3)cc1. The predicted octanol–water partition coefficient (Wildman–Crippen LogP) is 2.64. The smallest absolute Gasteiger partial charge is 0.220 e. The van der Waals surface area contributed by atoms with Crippen molar-refractivity contribution < 1.29 is 14.3 Å². The van der Waals surface area contributed by atoms with Crippen LogP contribution in [0, 0.1) is 5.92 Å². The van der Waals surface area contributed by atoms with Gasteiger partial charge < -0.3 is 20.1 Å². The van der Waals surface area contributed by atoms with E-state index < -0.39 is 0 Å². The molecule has 2 fully saturated rings. The van der Waals surface area contributed by atoms with Crippen LogP contribution in [0.4, 0.5) is 0 Å². The number of fused-ring (bicyclic) bond motifs is 2. The molecule has 0 aliphatic carbocycles. The van der Waals surface area contributed by atoms with Gasteiger partial charge in [0, 0.05) is 31.7 Å². The van der Waals surface area contributed by atoms with E-state index in [0.717, 1.165) is 30.6 Å². The third-order valence-corrected chi connectivity index (χ3v) is 5.26. The van der Waals surface area contributed by atoms with Crippen LogP contribution in [0.1, 0.15) is 44.1 Å². The molecule has 138 valence electrons. The number of methoxy groups -OCH3 is 1. The van der Waals surface area contributed by atoms with E-state index in [1.54, 1.807) is 7.11 Å². The number of benzene rings is 1. The van der Waals surface area contributed by atoms with Crippen LogP contribution in [0.3, 0.4) is 0 Å². The standard InChI is InChI=1S/C20H30N2O3/c1-24-19-7-3-15(4-8-19)14-25-10-2-9-21-20(23)13-16-11-17-5-6-18(12-16)22-17/h3-4,7-8,16-18,22H,2,5-6,9-14H2,1H3,(H,21,23). The molecule has 0 spiro atoms. The maximum Gasteiger partial charge on any atom is 0.220 e. The van der Waals surface area contributed by atoms with E-state index in [1.165, 1.54) is 12.8 Å². The zero-order valence-electron chi connectivity index (χ0n) is 15.1. The topological polar surface area (TPSA) is 59.6 Å². The Labute approximate surface area is 150 Å². The number of amides is 1. The molecule has 0 aromatic heterocycles. The second-order valence-electron chi connectivity index (χ2n) is 7.28. The summed E-state index contributed by atoms with van der Waals surface area (Å²) in [7, 11) is 1.66. The Bertz CT molecular complexity index is 534. The predicted molar refractivity (Wildman–Crippen MR) is 97.6 cm³/mol. The Morgan fingerprint density at radius 3 is 2.60 bits per heavy atom. The van der Waals surface area contributed by atoms with Gasteiger partial charge in [-0.2, -0.15) is 0 Å². The van der Waals surface area contributed by atoms with Crippen LogP contribution < -0.4 is 15.4 Å². The maximum absolute atomic E-state index is 12.1. The largest absolute Gasteiger partial charge is 0.497 e. The summed E-state index contributed by atoms with van der Waals surface area (Å²) in [6.45, 7) is 1.94. The summed E-state index contributed by atoms with van der Waals surface area (Å²) < 4.78 is 10.8. The Balaban J connectivity index is 1.22. The van der Waals surface area contributed by atoms with E-state index >= 15 is 0 Å². The monoisotopic (exact) mass is 346 g/mol. The number of hydrogen-bond donors (Lipinski definition) is 2. The van der Waals surface area contributed by atoms with Gasteiger partial charge in [-0.05, 0) is 55.7 Å². The van der Waals surface area contributed by atoms with Crippen LogP contribution >= 0.6 is 0 Å². The van der Waals surface area contributed by atoms with Gasteiger partial charge in [0.1, 0.15) is 5.75 Å². The molecule has 1 amide bonds. The first-order valence-corrected chi connectivity index (χ1v) is 9.46. The lowest BCUT2D eigenvalue weighted by atomic mass is 9.89. The van der Waals surface area contributed by atoms with Gasteiger partial charge in [0.15, 0.2) is 0 Å². The number of carbonyl (C=O) groups is 1. The average molecular weight is 346 g/mol. The molecule has 1 aromatic carbocycles. The summed E-state index contributed by atoms with van der Waals surface area (Å²) in [6.07, 6.45) is 6.42. The van der Waals surface area contributed by atoms with Crippen molar-refractivity contribution in [2.45, 2.75) is 57.2 Å². The van der Waals surface area contributed by atoms with Crippen molar-refractivity contribution in [1.82, 2.24) is 10.6 Å². The third-order valence-electron chi connectivity index (χ3n) is 5.26. The van der Waals surface area contributed by atoms with Crippen molar-refractivity contribution >= 4 is 5.91 Å². The molecule has 2 aliphatic rings.